The van der Waals surface area contributed by atoms with Crippen LogP contribution in [0.25, 0.3) is 11.0 Å². The number of carbonyl (C=O) groups excluding carboxylic acids is 1. The zero-order valence-electron chi connectivity index (χ0n) is 21.7. The van der Waals surface area contributed by atoms with E-state index in [0.717, 1.165) is 35.8 Å². The first-order valence-electron chi connectivity index (χ1n) is 12.8. The summed E-state index contributed by atoms with van der Waals surface area (Å²) < 4.78 is 0. The van der Waals surface area contributed by atoms with Crippen LogP contribution < -0.4 is 22.1 Å². The summed E-state index contributed by atoms with van der Waals surface area (Å²) in [6.45, 7) is 0.420. The van der Waals surface area contributed by atoms with Crippen molar-refractivity contribution in [3.05, 3.63) is 77.0 Å². The lowest BCUT2D eigenvalue weighted by molar-refractivity contribution is -0.139. The quantitative estimate of drug-likeness (QED) is 0.122. The standard InChI is InChI=1S/C28H31N7O5/c29-23-22-19(15-32-24(22)35-28(30)34-23)6-1-4-16-9-11-17(12-10-16)25(36)33-21(27(39)40)8-3-13-31-20-7-2-5-18(14-20)26(37)38/h2,5,7,9-12,14-15,21,31H,1,3-4,6,8,13H2,(H,33,36)(H,37,38)(H,39,40)(H5,29,30,32,34,35)/t21-/m0/s1. The molecule has 9 N–H and O–H groups in total. The molecule has 0 bridgehead atoms. The Balaban J connectivity index is 1.24. The number of benzene rings is 2. The molecule has 1 atom stereocenters. The van der Waals surface area contributed by atoms with Gasteiger partial charge in [0.1, 0.15) is 17.5 Å². The summed E-state index contributed by atoms with van der Waals surface area (Å²) in [6, 6.07) is 12.4. The van der Waals surface area contributed by atoms with Gasteiger partial charge in [0.05, 0.1) is 10.9 Å². The molecule has 4 rings (SSSR count). The number of aromatic amines is 1. The largest absolute Gasteiger partial charge is 0.480 e. The number of nitrogens with zero attached hydrogens (tertiary/aromatic N) is 2. The number of aryl methyl sites for hydroxylation is 2. The summed E-state index contributed by atoms with van der Waals surface area (Å²) in [5.41, 5.74) is 15.5. The van der Waals surface area contributed by atoms with Gasteiger partial charge in [-0.1, -0.05) is 18.2 Å². The van der Waals surface area contributed by atoms with Crippen LogP contribution in [0.4, 0.5) is 17.5 Å². The zero-order chi connectivity index (χ0) is 28.6. The Bertz CT molecular complexity index is 1520. The van der Waals surface area contributed by atoms with Gasteiger partial charge in [-0.05, 0) is 73.6 Å². The Hall–Kier alpha value is -5.13. The van der Waals surface area contributed by atoms with Gasteiger partial charge in [0.15, 0.2) is 0 Å². The molecule has 0 aliphatic rings. The van der Waals surface area contributed by atoms with Crippen molar-refractivity contribution in [2.75, 3.05) is 23.3 Å². The Morgan fingerprint density at radius 1 is 0.950 bits per heavy atom. The van der Waals surface area contributed by atoms with Gasteiger partial charge in [0.25, 0.3) is 5.91 Å². The molecular formula is C28H31N7O5. The van der Waals surface area contributed by atoms with Gasteiger partial charge >= 0.3 is 11.9 Å². The summed E-state index contributed by atoms with van der Waals surface area (Å²) in [6.07, 6.45) is 4.87. The molecule has 0 radical (unpaired) electrons. The third-order valence-corrected chi connectivity index (χ3v) is 6.50. The molecule has 4 aromatic rings. The van der Waals surface area contributed by atoms with E-state index in [9.17, 15) is 19.5 Å². The van der Waals surface area contributed by atoms with Crippen LogP contribution in [-0.2, 0) is 17.6 Å². The highest BCUT2D eigenvalue weighted by Crippen LogP contribution is 2.24. The first-order valence-corrected chi connectivity index (χ1v) is 12.8. The molecule has 0 unspecified atom stereocenters. The molecule has 0 aliphatic carbocycles. The summed E-state index contributed by atoms with van der Waals surface area (Å²) in [7, 11) is 0. The van der Waals surface area contributed by atoms with Gasteiger partial charge in [-0.15, -0.1) is 0 Å². The van der Waals surface area contributed by atoms with E-state index >= 15 is 0 Å². The van der Waals surface area contributed by atoms with Gasteiger partial charge in [-0.2, -0.15) is 9.97 Å². The first-order chi connectivity index (χ1) is 19.2. The number of nitrogen functional groups attached to an aromatic ring is 2. The van der Waals surface area contributed by atoms with Gasteiger partial charge in [0, 0.05) is 24.0 Å². The molecule has 12 nitrogen and oxygen atoms in total. The summed E-state index contributed by atoms with van der Waals surface area (Å²) in [5, 5.41) is 25.1. The normalized spacial score (nSPS) is 11.7. The fourth-order valence-electron chi connectivity index (χ4n) is 4.45. The van der Waals surface area contributed by atoms with Crippen LogP contribution >= 0.6 is 0 Å². The maximum atomic E-state index is 12.7. The van der Waals surface area contributed by atoms with E-state index < -0.39 is 23.9 Å². The van der Waals surface area contributed by atoms with E-state index in [1.54, 1.807) is 24.3 Å². The minimum absolute atomic E-state index is 0.120. The lowest BCUT2D eigenvalue weighted by Crippen LogP contribution is -2.41. The molecule has 0 saturated heterocycles. The van der Waals surface area contributed by atoms with Gasteiger partial charge in [-0.25, -0.2) is 9.59 Å². The fourth-order valence-corrected chi connectivity index (χ4v) is 4.45. The van der Waals surface area contributed by atoms with E-state index in [2.05, 4.69) is 25.6 Å². The summed E-state index contributed by atoms with van der Waals surface area (Å²) in [4.78, 5) is 46.8. The van der Waals surface area contributed by atoms with Crippen LogP contribution in [0.15, 0.2) is 54.7 Å². The molecule has 0 fully saturated rings. The van der Waals surface area contributed by atoms with Crippen molar-refractivity contribution in [3.8, 4) is 0 Å². The van der Waals surface area contributed by atoms with Crippen molar-refractivity contribution < 1.29 is 24.6 Å². The second kappa shape index (κ2) is 12.6. The molecule has 1 amide bonds. The van der Waals surface area contributed by atoms with E-state index in [-0.39, 0.29) is 17.9 Å². The third-order valence-electron chi connectivity index (χ3n) is 6.50. The Morgan fingerprint density at radius 3 is 2.45 bits per heavy atom. The molecule has 0 saturated carbocycles. The van der Waals surface area contributed by atoms with Gasteiger partial charge in [-0.3, -0.25) is 4.79 Å². The molecule has 0 aliphatic heterocycles. The monoisotopic (exact) mass is 545 g/mol. The number of H-pyrrole nitrogens is 1. The maximum Gasteiger partial charge on any atom is 0.335 e. The van der Waals surface area contributed by atoms with Gasteiger partial charge < -0.3 is 37.3 Å². The van der Waals surface area contributed by atoms with E-state index in [1.165, 1.54) is 12.1 Å². The summed E-state index contributed by atoms with van der Waals surface area (Å²) in [5.74, 6) is -2.15. The lowest BCUT2D eigenvalue weighted by Gasteiger charge is -2.15. The van der Waals surface area contributed by atoms with Crippen LogP contribution in [-0.4, -0.2) is 55.6 Å². The number of rotatable bonds is 13. The predicted octanol–water partition coefficient (Wildman–Crippen LogP) is 3.07. The molecule has 12 heteroatoms. The number of aliphatic carboxylic acids is 1. The number of nitrogens with two attached hydrogens (primary N) is 2. The molecule has 0 spiro atoms. The number of nitrogens with one attached hydrogen (secondary N) is 3. The Labute approximate surface area is 229 Å². The number of carbonyl (C=O) groups is 3. The van der Waals surface area contributed by atoms with E-state index in [4.69, 9.17) is 16.6 Å². The molecule has 208 valence electrons. The summed E-state index contributed by atoms with van der Waals surface area (Å²) >= 11 is 0. The van der Waals surface area contributed by atoms with Crippen molar-refractivity contribution in [1.29, 1.82) is 0 Å². The van der Waals surface area contributed by atoms with Crippen LogP contribution in [0.3, 0.4) is 0 Å². The van der Waals surface area contributed by atoms with Crippen molar-refractivity contribution in [1.82, 2.24) is 20.3 Å². The van der Waals surface area contributed by atoms with Crippen molar-refractivity contribution in [2.24, 2.45) is 0 Å². The minimum Gasteiger partial charge on any atom is -0.480 e. The highest BCUT2D eigenvalue weighted by atomic mass is 16.4. The van der Waals surface area contributed by atoms with Crippen molar-refractivity contribution in [3.63, 3.8) is 0 Å². The van der Waals surface area contributed by atoms with Crippen LogP contribution in [0.1, 0.15) is 51.1 Å². The SMILES string of the molecule is Nc1nc(N)c2c(CCCc3ccc(C(=O)N[C@@H](CCCNc4cccc(C(=O)O)c4)C(=O)O)cc3)c[nH]c2n1. The van der Waals surface area contributed by atoms with Crippen molar-refractivity contribution >= 4 is 46.3 Å². The second-order valence-electron chi connectivity index (χ2n) is 9.37. The smallest absolute Gasteiger partial charge is 0.335 e. The number of hydrogen-bond donors (Lipinski definition) is 7. The lowest BCUT2D eigenvalue weighted by atomic mass is 10.0. The minimum atomic E-state index is -1.12. The highest BCUT2D eigenvalue weighted by molar-refractivity contribution is 5.96. The molecule has 2 heterocycles. The van der Waals surface area contributed by atoms with Crippen LogP contribution in [0.2, 0.25) is 0 Å². The molecule has 40 heavy (non-hydrogen) atoms. The van der Waals surface area contributed by atoms with Crippen LogP contribution in [0.5, 0.6) is 0 Å². The van der Waals surface area contributed by atoms with Crippen LogP contribution in [0, 0.1) is 0 Å². The third kappa shape index (κ3) is 7.04. The molecular weight excluding hydrogens is 514 g/mol. The number of hydrogen-bond acceptors (Lipinski definition) is 8. The predicted molar refractivity (Wildman–Crippen MR) is 151 cm³/mol. The highest BCUT2D eigenvalue weighted by Gasteiger charge is 2.20. The molecule has 2 aromatic heterocycles. The number of fused-ring (bicyclic) bond motifs is 1. The number of carboxylic acids is 2. The Morgan fingerprint density at radius 2 is 1.73 bits per heavy atom. The number of aromatic carboxylic acids is 1. The fraction of sp³-hybridized carbons (Fsp3) is 0.250. The number of anilines is 3. The number of amides is 1. The second-order valence-corrected chi connectivity index (χ2v) is 9.37. The maximum absolute atomic E-state index is 12.7. The topological polar surface area (TPSA) is 209 Å². The first kappa shape index (κ1) is 27.9. The van der Waals surface area contributed by atoms with E-state index in [1.807, 2.05) is 18.3 Å². The molecule has 2 aromatic carbocycles. The average Bonchev–Trinajstić information content (AvgIpc) is 3.33. The van der Waals surface area contributed by atoms with Crippen molar-refractivity contribution in [2.45, 2.75) is 38.1 Å². The number of carboxylic acid groups (broad SMARTS) is 2. The zero-order valence-corrected chi connectivity index (χ0v) is 21.7. The number of aromatic nitrogens is 3. The van der Waals surface area contributed by atoms with E-state index in [0.29, 0.717) is 35.7 Å². The van der Waals surface area contributed by atoms with Gasteiger partial charge in [0.2, 0.25) is 5.95 Å². The Kier molecular flexibility index (Phi) is 8.79. The average molecular weight is 546 g/mol.